The second kappa shape index (κ2) is 11.3. The molecule has 188 valence electrons. The minimum absolute atomic E-state index is 0.00582. The minimum atomic E-state index is -0.642. The van der Waals surface area contributed by atoms with Crippen LogP contribution in [-0.4, -0.2) is 53.6 Å². The highest BCUT2D eigenvalue weighted by molar-refractivity contribution is 6.25. The summed E-state index contributed by atoms with van der Waals surface area (Å²) >= 11 is 0. The molecule has 0 atom stereocenters. The van der Waals surface area contributed by atoms with Gasteiger partial charge in [0.25, 0.3) is 17.5 Å². The highest BCUT2D eigenvalue weighted by Crippen LogP contribution is 2.23. The number of carbonyl (C=O) groups excluding carboxylic acids is 3. The van der Waals surface area contributed by atoms with Gasteiger partial charge in [0.1, 0.15) is 5.57 Å². The molecule has 2 amide bonds. The maximum absolute atomic E-state index is 13.5. The molecule has 9 nitrogen and oxygen atoms in total. The van der Waals surface area contributed by atoms with Crippen molar-refractivity contribution in [3.05, 3.63) is 106 Å². The van der Waals surface area contributed by atoms with Crippen molar-refractivity contribution >= 4 is 40.7 Å². The summed E-state index contributed by atoms with van der Waals surface area (Å²) in [4.78, 5) is 53.0. The first kappa shape index (κ1) is 25.3. The normalized spacial score (nSPS) is 13.7. The van der Waals surface area contributed by atoms with Gasteiger partial charge in [0.05, 0.1) is 10.5 Å². The van der Waals surface area contributed by atoms with Crippen LogP contribution in [0, 0.1) is 10.1 Å². The summed E-state index contributed by atoms with van der Waals surface area (Å²) in [6.07, 6.45) is 1.28. The molecule has 0 spiro atoms. The zero-order valence-electron chi connectivity index (χ0n) is 20.3. The van der Waals surface area contributed by atoms with Crippen molar-refractivity contribution in [3.8, 4) is 0 Å². The van der Waals surface area contributed by atoms with Gasteiger partial charge in [0, 0.05) is 49.2 Å². The quantitative estimate of drug-likeness (QED) is 0.131. The molecule has 0 bridgehead atoms. The number of ketones is 1. The number of anilines is 2. The van der Waals surface area contributed by atoms with Gasteiger partial charge in [-0.3, -0.25) is 24.5 Å². The number of nitro benzene ring substituents is 1. The Morgan fingerprint density at radius 1 is 0.865 bits per heavy atom. The first-order valence-corrected chi connectivity index (χ1v) is 11.8. The zero-order valence-corrected chi connectivity index (χ0v) is 20.3. The molecule has 3 aromatic carbocycles. The highest BCUT2D eigenvalue weighted by atomic mass is 16.6. The van der Waals surface area contributed by atoms with Crippen molar-refractivity contribution in [3.63, 3.8) is 0 Å². The van der Waals surface area contributed by atoms with Crippen LogP contribution in [0.3, 0.4) is 0 Å². The Morgan fingerprint density at radius 3 is 2.11 bits per heavy atom. The van der Waals surface area contributed by atoms with E-state index in [1.165, 1.54) is 31.2 Å². The molecule has 9 heteroatoms. The Labute approximate surface area is 214 Å². The molecule has 1 heterocycles. The number of para-hydroxylation sites is 2. The summed E-state index contributed by atoms with van der Waals surface area (Å²) in [5.74, 6) is -1.15. The summed E-state index contributed by atoms with van der Waals surface area (Å²) in [6, 6.07) is 22.0. The number of nitro groups is 1. The summed E-state index contributed by atoms with van der Waals surface area (Å²) in [6.45, 7) is 3.30. The van der Waals surface area contributed by atoms with Gasteiger partial charge in [0.15, 0.2) is 5.78 Å². The molecule has 1 fully saturated rings. The largest absolute Gasteiger partial charge is 0.368 e. The van der Waals surface area contributed by atoms with E-state index in [-0.39, 0.29) is 22.6 Å². The van der Waals surface area contributed by atoms with Gasteiger partial charge in [-0.2, -0.15) is 0 Å². The van der Waals surface area contributed by atoms with Gasteiger partial charge in [-0.05, 0) is 55.5 Å². The minimum Gasteiger partial charge on any atom is -0.368 e. The van der Waals surface area contributed by atoms with Gasteiger partial charge < -0.3 is 15.1 Å². The summed E-state index contributed by atoms with van der Waals surface area (Å²) in [5, 5.41) is 14.2. The third-order valence-electron chi connectivity index (χ3n) is 6.15. The molecular formula is C28H26N4O5. The molecule has 4 rings (SSSR count). The lowest BCUT2D eigenvalue weighted by atomic mass is 10.1. The van der Waals surface area contributed by atoms with E-state index in [1.807, 2.05) is 12.1 Å². The van der Waals surface area contributed by atoms with Crippen molar-refractivity contribution < 1.29 is 19.3 Å². The molecule has 1 saturated heterocycles. The van der Waals surface area contributed by atoms with E-state index >= 15 is 0 Å². The smallest absolute Gasteiger partial charge is 0.276 e. The fourth-order valence-electron chi connectivity index (χ4n) is 4.12. The van der Waals surface area contributed by atoms with Crippen molar-refractivity contribution in [1.29, 1.82) is 0 Å². The predicted octanol–water partition coefficient (Wildman–Crippen LogP) is 4.17. The van der Waals surface area contributed by atoms with Crippen molar-refractivity contribution in [2.75, 3.05) is 36.4 Å². The molecule has 37 heavy (non-hydrogen) atoms. The van der Waals surface area contributed by atoms with Crippen LogP contribution in [0.15, 0.2) is 84.4 Å². The fourth-order valence-corrected chi connectivity index (χ4v) is 4.12. The lowest BCUT2D eigenvalue weighted by Gasteiger charge is -2.36. The number of nitrogens with zero attached hydrogens (tertiary/aromatic N) is 3. The number of benzene rings is 3. The third kappa shape index (κ3) is 6.07. The zero-order chi connectivity index (χ0) is 26.4. The van der Waals surface area contributed by atoms with Crippen LogP contribution >= 0.6 is 0 Å². The molecule has 1 aliphatic rings. The van der Waals surface area contributed by atoms with E-state index in [1.54, 1.807) is 53.4 Å². The SMILES string of the molecule is CC(=O)c1ccc(N2CCN(C(=O)/C(=C/c3ccccc3[N+](=O)[O-])C(=O)Nc3ccccc3)CC2)cc1. The van der Waals surface area contributed by atoms with Crippen molar-refractivity contribution in [2.24, 2.45) is 0 Å². The summed E-state index contributed by atoms with van der Waals surface area (Å²) in [7, 11) is 0. The van der Waals surface area contributed by atoms with Crippen LogP contribution in [-0.2, 0) is 9.59 Å². The number of hydrogen-bond donors (Lipinski definition) is 1. The average Bonchev–Trinajstić information content (AvgIpc) is 2.92. The van der Waals surface area contributed by atoms with E-state index in [0.29, 0.717) is 37.4 Å². The number of amides is 2. The molecule has 0 aliphatic carbocycles. The first-order chi connectivity index (χ1) is 17.8. The van der Waals surface area contributed by atoms with Crippen molar-refractivity contribution in [2.45, 2.75) is 6.92 Å². The van der Waals surface area contributed by atoms with Crippen LogP contribution < -0.4 is 10.2 Å². The molecule has 3 aromatic rings. The van der Waals surface area contributed by atoms with Crippen molar-refractivity contribution in [1.82, 2.24) is 4.90 Å². The lowest BCUT2D eigenvalue weighted by Crippen LogP contribution is -2.50. The number of nitrogens with one attached hydrogen (secondary N) is 1. The topological polar surface area (TPSA) is 113 Å². The Morgan fingerprint density at radius 2 is 1.49 bits per heavy atom. The van der Waals surface area contributed by atoms with Crippen LogP contribution in [0.2, 0.25) is 0 Å². The van der Waals surface area contributed by atoms with E-state index in [0.717, 1.165) is 5.69 Å². The fraction of sp³-hybridized carbons (Fsp3) is 0.179. The Kier molecular flexibility index (Phi) is 7.73. The number of rotatable bonds is 7. The molecule has 0 radical (unpaired) electrons. The van der Waals surface area contributed by atoms with Crippen LogP contribution in [0.4, 0.5) is 17.1 Å². The maximum Gasteiger partial charge on any atom is 0.276 e. The first-order valence-electron chi connectivity index (χ1n) is 11.8. The van der Waals surface area contributed by atoms with Gasteiger partial charge in [0.2, 0.25) is 0 Å². The molecule has 0 saturated carbocycles. The van der Waals surface area contributed by atoms with E-state index in [2.05, 4.69) is 10.2 Å². The molecule has 0 unspecified atom stereocenters. The number of hydrogen-bond acceptors (Lipinski definition) is 6. The number of carbonyl (C=O) groups is 3. The predicted molar refractivity (Wildman–Crippen MR) is 141 cm³/mol. The Balaban J connectivity index is 1.56. The molecular weight excluding hydrogens is 472 g/mol. The van der Waals surface area contributed by atoms with Crippen LogP contribution in [0.25, 0.3) is 6.08 Å². The standard InChI is InChI=1S/C28H26N4O5/c1-20(33)21-11-13-24(14-12-21)30-15-17-31(18-16-30)28(35)25(27(34)29-23-8-3-2-4-9-23)19-22-7-5-6-10-26(22)32(36)37/h2-14,19H,15-18H2,1H3,(H,29,34)/b25-19+. The Hall–Kier alpha value is -4.79. The van der Waals surface area contributed by atoms with Crippen LogP contribution in [0.5, 0.6) is 0 Å². The second-order valence-corrected chi connectivity index (χ2v) is 8.58. The van der Waals surface area contributed by atoms with E-state index in [9.17, 15) is 24.5 Å². The van der Waals surface area contributed by atoms with Gasteiger partial charge in [-0.1, -0.05) is 30.3 Å². The molecule has 1 N–H and O–H groups in total. The summed E-state index contributed by atoms with van der Waals surface area (Å²) in [5.41, 5.74) is 1.87. The third-order valence-corrected chi connectivity index (χ3v) is 6.15. The second-order valence-electron chi connectivity index (χ2n) is 8.58. The lowest BCUT2D eigenvalue weighted by molar-refractivity contribution is -0.385. The number of piperazine rings is 1. The highest BCUT2D eigenvalue weighted by Gasteiger charge is 2.28. The molecule has 1 aliphatic heterocycles. The van der Waals surface area contributed by atoms with E-state index < -0.39 is 16.7 Å². The van der Waals surface area contributed by atoms with Crippen LogP contribution in [0.1, 0.15) is 22.8 Å². The Bertz CT molecular complexity index is 1340. The van der Waals surface area contributed by atoms with Gasteiger partial charge in [-0.15, -0.1) is 0 Å². The molecule has 0 aromatic heterocycles. The number of Topliss-reactive ketones (excluding diaryl/α,β-unsaturated/α-hetero) is 1. The van der Waals surface area contributed by atoms with Gasteiger partial charge >= 0.3 is 0 Å². The summed E-state index contributed by atoms with van der Waals surface area (Å²) < 4.78 is 0. The maximum atomic E-state index is 13.5. The monoisotopic (exact) mass is 498 g/mol. The van der Waals surface area contributed by atoms with E-state index in [4.69, 9.17) is 0 Å². The van der Waals surface area contributed by atoms with Gasteiger partial charge in [-0.25, -0.2) is 0 Å². The average molecular weight is 499 g/mol.